The number of nitrogens with zero attached hydrogens (tertiary/aromatic N) is 1. The van der Waals surface area contributed by atoms with E-state index >= 15 is 0 Å². The van der Waals surface area contributed by atoms with Crippen LogP contribution < -0.4 is 0 Å². The molecule has 0 aliphatic heterocycles. The van der Waals surface area contributed by atoms with Crippen molar-refractivity contribution in [2.24, 2.45) is 0 Å². The Morgan fingerprint density at radius 1 is 0.509 bits per heavy atom. The number of carbonyl (C=O) groups excluding carboxylic acids is 2. The van der Waals surface area contributed by atoms with Gasteiger partial charge in [-0.2, -0.15) is 0 Å². The molecule has 2 unspecified atom stereocenters. The van der Waals surface area contributed by atoms with E-state index in [-0.39, 0.29) is 32.2 Å². The molecule has 0 fully saturated rings. The lowest BCUT2D eigenvalue weighted by Gasteiger charge is -2.25. The number of carbonyl (C=O) groups is 3. The SMILES string of the molecule is CCCC/C=C\CCCCCCCC(=O)OCC(COC(OCC[N+](C)(C)C)C(=O)O)OC(=O)CCCCCCCCCCC/C=C\CCCCCCCCCC. The van der Waals surface area contributed by atoms with Crippen LogP contribution >= 0.6 is 0 Å². The summed E-state index contributed by atoms with van der Waals surface area (Å²) >= 11 is 0. The number of quaternary nitrogens is 1. The third kappa shape index (κ3) is 41.7. The van der Waals surface area contributed by atoms with E-state index in [0.29, 0.717) is 17.4 Å². The first-order valence-electron chi connectivity index (χ1n) is 23.5. The predicted octanol–water partition coefficient (Wildman–Crippen LogP) is 12.4. The van der Waals surface area contributed by atoms with Crippen LogP contribution in [0.4, 0.5) is 0 Å². The molecule has 0 spiro atoms. The summed E-state index contributed by atoms with van der Waals surface area (Å²) in [6, 6.07) is 0. The number of carboxylic acid groups (broad SMARTS) is 1. The second-order valence-corrected chi connectivity index (χ2v) is 17.1. The molecule has 0 aromatic carbocycles. The van der Waals surface area contributed by atoms with Gasteiger partial charge in [-0.3, -0.25) is 9.59 Å². The second-order valence-electron chi connectivity index (χ2n) is 17.1. The minimum absolute atomic E-state index is 0.185. The summed E-state index contributed by atoms with van der Waals surface area (Å²) in [5.74, 6) is -2.02. The molecule has 57 heavy (non-hydrogen) atoms. The number of carboxylic acids is 1. The normalized spacial score (nSPS) is 13.1. The zero-order valence-electron chi connectivity index (χ0n) is 37.8. The van der Waals surface area contributed by atoms with Crippen LogP contribution in [0.5, 0.6) is 0 Å². The van der Waals surface area contributed by atoms with Gasteiger partial charge in [-0.05, 0) is 57.8 Å². The van der Waals surface area contributed by atoms with Gasteiger partial charge < -0.3 is 28.5 Å². The zero-order chi connectivity index (χ0) is 42.1. The van der Waals surface area contributed by atoms with Crippen LogP contribution in [0.25, 0.3) is 0 Å². The fraction of sp³-hybridized carbons (Fsp3) is 0.854. The van der Waals surface area contributed by atoms with E-state index in [2.05, 4.69) is 38.2 Å². The van der Waals surface area contributed by atoms with E-state index < -0.39 is 24.3 Å². The Balaban J connectivity index is 4.33. The Bertz CT molecular complexity index is 991. The van der Waals surface area contributed by atoms with Gasteiger partial charge in [0.1, 0.15) is 13.2 Å². The molecule has 0 saturated heterocycles. The van der Waals surface area contributed by atoms with E-state index in [0.717, 1.165) is 64.2 Å². The number of ether oxygens (including phenoxy) is 4. The maximum absolute atomic E-state index is 12.8. The van der Waals surface area contributed by atoms with Crippen molar-refractivity contribution >= 4 is 17.9 Å². The number of unbranched alkanes of at least 4 members (excludes halogenated alkanes) is 24. The van der Waals surface area contributed by atoms with Gasteiger partial charge in [-0.1, -0.05) is 160 Å². The third-order valence-corrected chi connectivity index (χ3v) is 10.2. The standard InChI is InChI=1S/C48H89NO8/c1-6-8-10-12-14-16-18-19-20-21-22-23-24-25-26-27-29-31-33-35-37-39-46(51)57-44(43-56-48(47(52)53)54-41-40-49(3,4)5)42-55-45(50)38-36-34-32-30-28-17-15-13-11-9-7-2/h13,15,21-22,44,48H,6-12,14,16-20,23-43H2,1-5H3/p+1/b15-13-,22-21-. The number of likely N-dealkylation sites (N-methyl/N-ethyl adjacent to an activating group) is 1. The summed E-state index contributed by atoms with van der Waals surface area (Å²) in [5, 5.41) is 9.63. The van der Waals surface area contributed by atoms with Crippen molar-refractivity contribution < 1.29 is 42.9 Å². The van der Waals surface area contributed by atoms with E-state index in [9.17, 15) is 19.5 Å². The first kappa shape index (κ1) is 54.8. The summed E-state index contributed by atoms with van der Waals surface area (Å²) in [6.07, 6.45) is 41.0. The van der Waals surface area contributed by atoms with Crippen molar-refractivity contribution in [1.29, 1.82) is 0 Å². The van der Waals surface area contributed by atoms with Gasteiger partial charge in [0.05, 0.1) is 34.4 Å². The van der Waals surface area contributed by atoms with Crippen molar-refractivity contribution in [3.63, 3.8) is 0 Å². The number of allylic oxidation sites excluding steroid dienone is 4. The largest absolute Gasteiger partial charge is 0.477 e. The fourth-order valence-corrected chi connectivity index (χ4v) is 6.46. The highest BCUT2D eigenvalue weighted by atomic mass is 16.7. The molecule has 9 nitrogen and oxygen atoms in total. The van der Waals surface area contributed by atoms with Crippen LogP contribution in [-0.4, -0.2) is 87.4 Å². The number of hydrogen-bond donors (Lipinski definition) is 1. The van der Waals surface area contributed by atoms with Gasteiger partial charge in [0.2, 0.25) is 0 Å². The molecule has 9 heteroatoms. The molecular weight excluding hydrogens is 719 g/mol. The van der Waals surface area contributed by atoms with Gasteiger partial charge in [0.25, 0.3) is 6.29 Å². The van der Waals surface area contributed by atoms with Crippen molar-refractivity contribution in [3.8, 4) is 0 Å². The van der Waals surface area contributed by atoms with Crippen LogP contribution in [0.3, 0.4) is 0 Å². The Morgan fingerprint density at radius 2 is 0.912 bits per heavy atom. The van der Waals surface area contributed by atoms with Gasteiger partial charge in [0, 0.05) is 12.8 Å². The lowest BCUT2D eigenvalue weighted by Crippen LogP contribution is -2.40. The average molecular weight is 809 g/mol. The molecule has 0 radical (unpaired) electrons. The predicted molar refractivity (Wildman–Crippen MR) is 235 cm³/mol. The molecule has 334 valence electrons. The lowest BCUT2D eigenvalue weighted by atomic mass is 10.1. The topological polar surface area (TPSA) is 108 Å². The molecule has 1 N–H and O–H groups in total. The van der Waals surface area contributed by atoms with Crippen molar-refractivity contribution in [2.45, 2.75) is 219 Å². The summed E-state index contributed by atoms with van der Waals surface area (Å²) in [4.78, 5) is 37.1. The quantitative estimate of drug-likeness (QED) is 0.0213. The Labute approximate surface area is 350 Å². The molecule has 0 rings (SSSR count). The highest BCUT2D eigenvalue weighted by Crippen LogP contribution is 2.15. The van der Waals surface area contributed by atoms with E-state index in [1.165, 1.54) is 116 Å². The Hall–Kier alpha value is -2.23. The smallest absolute Gasteiger partial charge is 0.361 e. The molecule has 0 aromatic rings. The van der Waals surface area contributed by atoms with Gasteiger partial charge in [0.15, 0.2) is 6.10 Å². The monoisotopic (exact) mass is 809 g/mol. The van der Waals surface area contributed by atoms with E-state index in [4.69, 9.17) is 18.9 Å². The first-order chi connectivity index (χ1) is 27.6. The van der Waals surface area contributed by atoms with Crippen LogP contribution in [0.15, 0.2) is 24.3 Å². The highest BCUT2D eigenvalue weighted by molar-refractivity contribution is 5.71. The molecule has 0 aliphatic carbocycles. The van der Waals surface area contributed by atoms with Gasteiger partial charge >= 0.3 is 17.9 Å². The average Bonchev–Trinajstić information content (AvgIpc) is 3.17. The number of esters is 2. The molecule has 2 atom stereocenters. The fourth-order valence-electron chi connectivity index (χ4n) is 6.46. The van der Waals surface area contributed by atoms with Crippen LogP contribution in [0.2, 0.25) is 0 Å². The molecule has 0 saturated carbocycles. The molecule has 0 aromatic heterocycles. The minimum Gasteiger partial charge on any atom is -0.477 e. The lowest BCUT2D eigenvalue weighted by molar-refractivity contribution is -0.870. The van der Waals surface area contributed by atoms with Gasteiger partial charge in [-0.15, -0.1) is 0 Å². The number of rotatable bonds is 43. The first-order valence-corrected chi connectivity index (χ1v) is 23.5. The number of hydrogen-bond acceptors (Lipinski definition) is 7. The minimum atomic E-state index is -1.51. The summed E-state index contributed by atoms with van der Waals surface area (Å²) in [6.45, 7) is 4.83. The van der Waals surface area contributed by atoms with Crippen LogP contribution in [-0.2, 0) is 33.3 Å². The van der Waals surface area contributed by atoms with Crippen molar-refractivity contribution in [2.75, 3.05) is 47.5 Å². The maximum atomic E-state index is 12.8. The summed E-state index contributed by atoms with van der Waals surface area (Å²) in [7, 11) is 5.95. The Kier molecular flexibility index (Phi) is 39.0. The summed E-state index contributed by atoms with van der Waals surface area (Å²) < 4.78 is 22.7. The zero-order valence-corrected chi connectivity index (χ0v) is 37.8. The molecular formula is C48H90NO8+. The van der Waals surface area contributed by atoms with E-state index in [1.54, 1.807) is 0 Å². The molecule has 0 amide bonds. The third-order valence-electron chi connectivity index (χ3n) is 10.2. The van der Waals surface area contributed by atoms with Crippen LogP contribution in [0.1, 0.15) is 206 Å². The van der Waals surface area contributed by atoms with Gasteiger partial charge in [-0.25, -0.2) is 4.79 Å². The van der Waals surface area contributed by atoms with Crippen molar-refractivity contribution in [1.82, 2.24) is 0 Å². The highest BCUT2D eigenvalue weighted by Gasteiger charge is 2.25. The second kappa shape index (κ2) is 40.5. The molecule has 0 bridgehead atoms. The van der Waals surface area contributed by atoms with Crippen molar-refractivity contribution in [3.05, 3.63) is 24.3 Å². The Morgan fingerprint density at radius 3 is 1.35 bits per heavy atom. The molecule has 0 heterocycles. The molecule has 0 aliphatic rings. The van der Waals surface area contributed by atoms with Crippen LogP contribution in [0, 0.1) is 0 Å². The number of aliphatic carboxylic acids is 1. The maximum Gasteiger partial charge on any atom is 0.361 e. The van der Waals surface area contributed by atoms with E-state index in [1.807, 2.05) is 21.1 Å². The summed E-state index contributed by atoms with van der Waals surface area (Å²) in [5.41, 5.74) is 0.